The van der Waals surface area contributed by atoms with E-state index in [0.29, 0.717) is 5.69 Å². The number of benzene rings is 2. The van der Waals surface area contributed by atoms with Crippen molar-refractivity contribution < 1.29 is 9.59 Å². The number of hydrogen-bond donors (Lipinski definition) is 1. The van der Waals surface area contributed by atoms with Crippen LogP contribution in [0, 0.1) is 0 Å². The Hall–Kier alpha value is -2.02. The van der Waals surface area contributed by atoms with Crippen LogP contribution in [0.15, 0.2) is 59.1 Å². The summed E-state index contributed by atoms with van der Waals surface area (Å²) in [6.45, 7) is 2.96. The molecule has 5 nitrogen and oxygen atoms in total. The summed E-state index contributed by atoms with van der Waals surface area (Å²) in [7, 11) is 0. The third kappa shape index (κ3) is 4.35. The Morgan fingerprint density at radius 3 is 2.32 bits per heavy atom. The Bertz CT molecular complexity index is 833. The number of amides is 2. The number of likely N-dealkylation sites (tertiary alicyclic amines) is 1. The molecule has 0 aromatic heterocycles. The van der Waals surface area contributed by atoms with Crippen LogP contribution in [0.1, 0.15) is 24.8 Å². The predicted octanol–water partition coefficient (Wildman–Crippen LogP) is 3.34. The Labute approximate surface area is 173 Å². The minimum absolute atomic E-state index is 0.133. The van der Waals surface area contributed by atoms with E-state index in [0.717, 1.165) is 36.9 Å². The van der Waals surface area contributed by atoms with Crippen molar-refractivity contribution in [1.29, 1.82) is 0 Å². The third-order valence-electron chi connectivity index (χ3n) is 5.50. The molecule has 2 saturated heterocycles. The molecule has 2 amide bonds. The zero-order valence-corrected chi connectivity index (χ0v) is 17.3. The van der Waals surface area contributed by atoms with Crippen LogP contribution in [0.25, 0.3) is 0 Å². The molecule has 0 bridgehead atoms. The fourth-order valence-corrected chi connectivity index (χ4v) is 4.27. The molecule has 0 radical (unpaired) electrons. The molecule has 146 valence electrons. The van der Waals surface area contributed by atoms with Gasteiger partial charge in [-0.15, -0.1) is 0 Å². The van der Waals surface area contributed by atoms with E-state index in [2.05, 4.69) is 50.4 Å². The van der Waals surface area contributed by atoms with Crippen LogP contribution in [0.4, 0.5) is 5.69 Å². The number of carbonyl (C=O) groups is 2. The predicted molar refractivity (Wildman–Crippen MR) is 113 cm³/mol. The van der Waals surface area contributed by atoms with Crippen molar-refractivity contribution in [3.8, 4) is 0 Å². The van der Waals surface area contributed by atoms with E-state index in [1.54, 1.807) is 12.1 Å². The van der Waals surface area contributed by atoms with Crippen LogP contribution < -0.4 is 10.2 Å². The van der Waals surface area contributed by atoms with E-state index >= 15 is 0 Å². The number of imide groups is 1. The van der Waals surface area contributed by atoms with E-state index in [-0.39, 0.29) is 24.3 Å². The molecule has 2 fully saturated rings. The minimum atomic E-state index is -0.415. The van der Waals surface area contributed by atoms with Gasteiger partial charge >= 0.3 is 0 Å². The molecule has 1 atom stereocenters. The first kappa shape index (κ1) is 19.3. The first-order chi connectivity index (χ1) is 13.6. The number of nitrogens with zero attached hydrogens (tertiary/aromatic N) is 2. The van der Waals surface area contributed by atoms with Gasteiger partial charge in [-0.2, -0.15) is 0 Å². The number of anilines is 1. The normalized spacial score (nSPS) is 21.5. The maximum absolute atomic E-state index is 12.8. The Balaban J connectivity index is 1.31. The molecule has 0 aliphatic carbocycles. The van der Waals surface area contributed by atoms with Crippen LogP contribution in [-0.4, -0.2) is 41.9 Å². The van der Waals surface area contributed by atoms with Gasteiger partial charge in [0.1, 0.15) is 0 Å². The number of nitrogens with one attached hydrogen (secondary N) is 1. The van der Waals surface area contributed by atoms with Crippen molar-refractivity contribution in [3.05, 3.63) is 64.6 Å². The quantitative estimate of drug-likeness (QED) is 0.722. The molecule has 0 spiro atoms. The third-order valence-corrected chi connectivity index (χ3v) is 6.03. The first-order valence-electron chi connectivity index (χ1n) is 9.75. The topological polar surface area (TPSA) is 52.7 Å². The van der Waals surface area contributed by atoms with Crippen LogP contribution in [0.3, 0.4) is 0 Å². The Morgan fingerprint density at radius 1 is 0.964 bits per heavy atom. The zero-order chi connectivity index (χ0) is 19.5. The van der Waals surface area contributed by atoms with Crippen molar-refractivity contribution >= 4 is 33.4 Å². The SMILES string of the molecule is O=C1CC(NC2CCN(Cc3ccccc3)CC2)C(=O)N1c1ccc(Br)cc1. The number of rotatable bonds is 5. The second-order valence-electron chi connectivity index (χ2n) is 7.50. The molecule has 6 heteroatoms. The number of hydrogen-bond acceptors (Lipinski definition) is 4. The monoisotopic (exact) mass is 441 g/mol. The molecular formula is C22H24BrN3O2. The summed E-state index contributed by atoms with van der Waals surface area (Å²) in [4.78, 5) is 29.0. The molecule has 2 aliphatic rings. The number of piperidine rings is 1. The smallest absolute Gasteiger partial charge is 0.251 e. The average Bonchev–Trinajstić information content (AvgIpc) is 2.98. The molecule has 2 heterocycles. The van der Waals surface area contributed by atoms with Gasteiger partial charge in [0.05, 0.1) is 18.2 Å². The summed E-state index contributed by atoms with van der Waals surface area (Å²) in [5.41, 5.74) is 1.97. The average molecular weight is 442 g/mol. The van der Waals surface area contributed by atoms with E-state index < -0.39 is 6.04 Å². The fraction of sp³-hybridized carbons (Fsp3) is 0.364. The Morgan fingerprint density at radius 2 is 1.64 bits per heavy atom. The van der Waals surface area contributed by atoms with Gasteiger partial charge in [0.2, 0.25) is 5.91 Å². The van der Waals surface area contributed by atoms with Crippen molar-refractivity contribution in [2.24, 2.45) is 0 Å². The lowest BCUT2D eigenvalue weighted by molar-refractivity contribution is -0.121. The Kier molecular flexibility index (Phi) is 5.90. The lowest BCUT2D eigenvalue weighted by Gasteiger charge is -2.33. The molecule has 2 aliphatic heterocycles. The molecule has 1 unspecified atom stereocenters. The van der Waals surface area contributed by atoms with E-state index in [1.807, 2.05) is 18.2 Å². The summed E-state index contributed by atoms with van der Waals surface area (Å²) in [5, 5.41) is 3.45. The highest BCUT2D eigenvalue weighted by Gasteiger charge is 2.40. The van der Waals surface area contributed by atoms with Crippen LogP contribution in [0.5, 0.6) is 0 Å². The van der Waals surface area contributed by atoms with E-state index in [9.17, 15) is 9.59 Å². The van der Waals surface area contributed by atoms with E-state index in [4.69, 9.17) is 0 Å². The lowest BCUT2D eigenvalue weighted by atomic mass is 10.0. The van der Waals surface area contributed by atoms with Crippen molar-refractivity contribution in [2.75, 3.05) is 18.0 Å². The summed E-state index contributed by atoms with van der Waals surface area (Å²) >= 11 is 3.38. The molecule has 28 heavy (non-hydrogen) atoms. The highest BCUT2D eigenvalue weighted by Crippen LogP contribution is 2.25. The van der Waals surface area contributed by atoms with Gasteiger partial charge in [-0.05, 0) is 55.8 Å². The highest BCUT2D eigenvalue weighted by molar-refractivity contribution is 9.10. The molecule has 4 rings (SSSR count). The van der Waals surface area contributed by atoms with Crippen molar-refractivity contribution in [1.82, 2.24) is 10.2 Å². The molecule has 2 aromatic carbocycles. The van der Waals surface area contributed by atoms with Crippen molar-refractivity contribution in [2.45, 2.75) is 37.9 Å². The van der Waals surface area contributed by atoms with Gasteiger partial charge in [-0.1, -0.05) is 46.3 Å². The summed E-state index contributed by atoms with van der Waals surface area (Å²) in [6.07, 6.45) is 2.21. The molecule has 0 saturated carbocycles. The first-order valence-corrected chi connectivity index (χ1v) is 10.5. The number of halogens is 1. The highest BCUT2D eigenvalue weighted by atomic mass is 79.9. The summed E-state index contributed by atoms with van der Waals surface area (Å²) in [5.74, 6) is -0.273. The van der Waals surface area contributed by atoms with Gasteiger partial charge in [0.25, 0.3) is 5.91 Å². The van der Waals surface area contributed by atoms with Crippen LogP contribution in [-0.2, 0) is 16.1 Å². The lowest BCUT2D eigenvalue weighted by Crippen LogP contribution is -2.48. The molecular weight excluding hydrogens is 418 g/mol. The summed E-state index contributed by atoms with van der Waals surface area (Å²) in [6, 6.07) is 17.6. The number of carbonyl (C=O) groups excluding carboxylic acids is 2. The second kappa shape index (κ2) is 8.55. The van der Waals surface area contributed by atoms with Gasteiger partial charge < -0.3 is 5.32 Å². The van der Waals surface area contributed by atoms with Gasteiger partial charge in [-0.25, -0.2) is 4.90 Å². The fourth-order valence-electron chi connectivity index (χ4n) is 4.01. The van der Waals surface area contributed by atoms with Crippen LogP contribution >= 0.6 is 15.9 Å². The zero-order valence-electron chi connectivity index (χ0n) is 15.7. The maximum atomic E-state index is 12.8. The second-order valence-corrected chi connectivity index (χ2v) is 8.42. The molecule has 2 aromatic rings. The standard InChI is InChI=1S/C22H24BrN3O2/c23-17-6-8-19(9-7-17)26-21(27)14-20(22(26)28)24-18-10-12-25(13-11-18)15-16-4-2-1-3-5-16/h1-9,18,20,24H,10-15H2. The summed E-state index contributed by atoms with van der Waals surface area (Å²) < 4.78 is 0.923. The van der Waals surface area contributed by atoms with Gasteiger partial charge in [0, 0.05) is 17.1 Å². The van der Waals surface area contributed by atoms with E-state index in [1.165, 1.54) is 10.5 Å². The largest absolute Gasteiger partial charge is 0.303 e. The minimum Gasteiger partial charge on any atom is -0.303 e. The van der Waals surface area contributed by atoms with Gasteiger partial charge in [0.15, 0.2) is 0 Å². The van der Waals surface area contributed by atoms with Crippen molar-refractivity contribution in [3.63, 3.8) is 0 Å². The maximum Gasteiger partial charge on any atom is 0.251 e. The van der Waals surface area contributed by atoms with Crippen LogP contribution in [0.2, 0.25) is 0 Å². The van der Waals surface area contributed by atoms with Gasteiger partial charge in [-0.3, -0.25) is 14.5 Å². The molecule has 1 N–H and O–H groups in total.